The van der Waals surface area contributed by atoms with Crippen LogP contribution >= 0.6 is 0 Å². The van der Waals surface area contributed by atoms with Gasteiger partial charge in [0.05, 0.1) is 11.4 Å². The van der Waals surface area contributed by atoms with Gasteiger partial charge in [-0.2, -0.15) is 92.2 Å². The molecule has 70 heavy (non-hydrogen) atoms. The second-order valence-corrected chi connectivity index (χ2v) is 16.7. The molecule has 8 nitrogen and oxygen atoms in total. The standard InChI is InChI=1S/3C10H11F7O2.C10H8N2.Dy/c3*1-7(2,3)5(18)4-6(19)8(11,12)9(13,14)10(15,16)17;1-3-7-11-9(5-1)10-6-2-4-8-12-10;/h3*4,19H,1-3H3;1-8H;/q;;;;+3/p-3/b3*6-4-;;. The molecule has 30 heteroatoms. The summed E-state index contributed by atoms with van der Waals surface area (Å²) in [5.74, 6) is -50.2. The van der Waals surface area contributed by atoms with Gasteiger partial charge < -0.3 is 15.3 Å². The zero-order valence-corrected chi connectivity index (χ0v) is 39.0. The molecular weight excluding hydrogens is 1170 g/mol. The third kappa shape index (κ3) is 18.1. The largest absolute Gasteiger partial charge is 3.00 e. The number of aromatic nitrogens is 2. The number of nitrogens with zero attached hydrogens (tertiary/aromatic N) is 2. The molecule has 0 aliphatic heterocycles. The molecule has 2 heterocycles. The van der Waals surface area contributed by atoms with Crippen LogP contribution in [0.4, 0.5) is 92.2 Å². The molecule has 0 atom stereocenters. The van der Waals surface area contributed by atoms with Crippen molar-refractivity contribution >= 4 is 17.3 Å². The number of pyridine rings is 2. The van der Waals surface area contributed by atoms with Gasteiger partial charge >= 0.3 is 92.2 Å². The average molecular weight is 1200 g/mol. The Morgan fingerprint density at radius 2 is 0.571 bits per heavy atom. The van der Waals surface area contributed by atoms with Crippen molar-refractivity contribution in [3.8, 4) is 11.4 Å². The van der Waals surface area contributed by atoms with Crippen molar-refractivity contribution < 1.29 is 160 Å². The van der Waals surface area contributed by atoms with Crippen LogP contribution < -0.4 is 15.3 Å². The van der Waals surface area contributed by atoms with E-state index in [0.717, 1.165) is 11.4 Å². The Labute approximate surface area is 414 Å². The number of allylic oxidation sites excluding steroid dienone is 6. The molecule has 0 amide bonds. The van der Waals surface area contributed by atoms with Crippen LogP contribution in [0.1, 0.15) is 62.3 Å². The van der Waals surface area contributed by atoms with E-state index in [2.05, 4.69) is 9.97 Å². The van der Waals surface area contributed by atoms with E-state index in [1.165, 1.54) is 62.3 Å². The first-order chi connectivity index (χ1) is 30.1. The zero-order chi connectivity index (χ0) is 55.8. The molecule has 2 aromatic heterocycles. The predicted molar refractivity (Wildman–Crippen MR) is 193 cm³/mol. The molecule has 2 aromatic rings. The van der Waals surface area contributed by atoms with E-state index in [9.17, 15) is 122 Å². The summed E-state index contributed by atoms with van der Waals surface area (Å²) in [6.07, 6.45) is -17.6. The van der Waals surface area contributed by atoms with E-state index in [4.69, 9.17) is 0 Å². The third-order valence-corrected chi connectivity index (χ3v) is 7.78. The molecule has 401 valence electrons. The SMILES string of the molecule is CC(C)(C)C(=O)/C=C(\[O-])C(F)(F)C(F)(F)C(F)(F)F.CC(C)(C)C(=O)/C=C(\[O-])C(F)(F)C(F)(F)C(F)(F)F.CC(C)(C)C(=O)/C=C(\[O-])C(F)(F)C(F)(F)C(F)(F)F.[Dy+3].c1ccc(-c2ccccn2)nc1. The number of hydrogen-bond donors (Lipinski definition) is 0. The van der Waals surface area contributed by atoms with Crippen molar-refractivity contribution in [2.24, 2.45) is 16.2 Å². The van der Waals surface area contributed by atoms with Gasteiger partial charge in [-0.3, -0.25) is 24.4 Å². The summed E-state index contributed by atoms with van der Waals surface area (Å²) in [7, 11) is 0. The minimum absolute atomic E-state index is 0. The van der Waals surface area contributed by atoms with Gasteiger partial charge in [0.25, 0.3) is 0 Å². The average Bonchev–Trinajstić information content (AvgIpc) is 3.16. The summed E-state index contributed by atoms with van der Waals surface area (Å²) in [4.78, 5) is 41.9. The molecular formula is C40H38DyF21N2O6. The summed E-state index contributed by atoms with van der Waals surface area (Å²) in [5, 5.41) is 32.4. The Bertz CT molecular complexity index is 1910. The molecule has 1 radical (unpaired) electrons. The maximum Gasteiger partial charge on any atom is 3.00 e. The first-order valence-corrected chi connectivity index (χ1v) is 18.2. The number of rotatable bonds is 10. The molecule has 0 aliphatic rings. The van der Waals surface area contributed by atoms with Crippen LogP contribution in [0.15, 0.2) is 84.3 Å². The van der Waals surface area contributed by atoms with Gasteiger partial charge in [-0.1, -0.05) is 91.7 Å². The maximum absolute atomic E-state index is 12.8. The first kappa shape index (κ1) is 70.0. The van der Waals surface area contributed by atoms with Crippen molar-refractivity contribution in [1.29, 1.82) is 0 Å². The van der Waals surface area contributed by atoms with E-state index in [0.29, 0.717) is 0 Å². The third-order valence-electron chi connectivity index (χ3n) is 7.78. The van der Waals surface area contributed by atoms with E-state index in [1.807, 2.05) is 36.4 Å². The van der Waals surface area contributed by atoms with Crippen LogP contribution in [0.2, 0.25) is 0 Å². The van der Waals surface area contributed by atoms with Crippen molar-refractivity contribution in [3.63, 3.8) is 0 Å². The Morgan fingerprint density at radius 3 is 0.700 bits per heavy atom. The molecule has 0 fully saturated rings. The summed E-state index contributed by atoms with van der Waals surface area (Å²) < 4.78 is 258. The summed E-state index contributed by atoms with van der Waals surface area (Å²) >= 11 is 0. The normalized spacial score (nSPS) is 14.3. The second-order valence-electron chi connectivity index (χ2n) is 16.7. The van der Waals surface area contributed by atoms with Crippen LogP contribution in [0.3, 0.4) is 0 Å². The summed E-state index contributed by atoms with van der Waals surface area (Å²) in [6, 6.07) is 11.6. The predicted octanol–water partition coefficient (Wildman–Crippen LogP) is 10.2. The Balaban J connectivity index is -0.000000860. The Morgan fingerprint density at radius 1 is 0.386 bits per heavy atom. The number of ketones is 3. The van der Waals surface area contributed by atoms with Crippen LogP contribution in [0, 0.1) is 54.4 Å². The molecule has 0 aromatic carbocycles. The quantitative estimate of drug-likeness (QED) is 0.130. The minimum Gasteiger partial charge on any atom is -0.871 e. The minimum atomic E-state index is -6.61. The number of carbonyl (C=O) groups is 3. The fraction of sp³-hybridized carbons (Fsp3) is 0.525. The molecule has 0 unspecified atom stereocenters. The number of hydrogen-bond acceptors (Lipinski definition) is 8. The molecule has 0 N–H and O–H groups in total. The van der Waals surface area contributed by atoms with Gasteiger partial charge in [0.15, 0.2) is 17.3 Å². The van der Waals surface area contributed by atoms with Crippen molar-refractivity contribution in [2.75, 3.05) is 0 Å². The topological polar surface area (TPSA) is 146 Å². The van der Waals surface area contributed by atoms with Crippen LogP contribution in [0.25, 0.3) is 11.4 Å². The van der Waals surface area contributed by atoms with E-state index < -0.39 is 123 Å². The van der Waals surface area contributed by atoms with Gasteiger partial charge in [-0.25, -0.2) is 0 Å². The number of alkyl halides is 21. The van der Waals surface area contributed by atoms with Gasteiger partial charge in [-0.05, 0) is 42.5 Å². The number of halogens is 21. The molecule has 0 aliphatic carbocycles. The Hall–Kier alpha value is -4.27. The monoisotopic (exact) mass is 1210 g/mol. The first-order valence-electron chi connectivity index (χ1n) is 18.2. The van der Waals surface area contributed by atoms with Crippen molar-refractivity contribution in [1.82, 2.24) is 9.97 Å². The van der Waals surface area contributed by atoms with Crippen LogP contribution in [-0.4, -0.2) is 81.4 Å². The molecule has 0 saturated carbocycles. The van der Waals surface area contributed by atoms with E-state index in [-0.39, 0.29) is 38.2 Å². The molecule has 2 rings (SSSR count). The zero-order valence-electron chi connectivity index (χ0n) is 36.9. The van der Waals surface area contributed by atoms with E-state index in [1.54, 1.807) is 12.4 Å². The molecule has 0 saturated heterocycles. The van der Waals surface area contributed by atoms with Crippen LogP contribution in [-0.2, 0) is 14.4 Å². The van der Waals surface area contributed by atoms with Crippen molar-refractivity contribution in [3.05, 3.63) is 84.3 Å². The Kier molecular flexibility index (Phi) is 24.0. The van der Waals surface area contributed by atoms with E-state index >= 15 is 0 Å². The fourth-order valence-electron chi connectivity index (χ4n) is 3.31. The van der Waals surface area contributed by atoms with Gasteiger partial charge in [0.1, 0.15) is 0 Å². The summed E-state index contributed by atoms with van der Waals surface area (Å²) in [6.45, 7) is 10.6. The second kappa shape index (κ2) is 24.0. The van der Waals surface area contributed by atoms with Gasteiger partial charge in [0.2, 0.25) is 0 Å². The summed E-state index contributed by atoms with van der Waals surface area (Å²) in [5.41, 5.74) is -2.26. The smallest absolute Gasteiger partial charge is 0.871 e. The maximum atomic E-state index is 12.8. The van der Waals surface area contributed by atoms with Crippen molar-refractivity contribution in [2.45, 2.75) is 116 Å². The fourth-order valence-corrected chi connectivity index (χ4v) is 3.31. The molecule has 0 spiro atoms. The number of carbonyl (C=O) groups excluding carboxylic acids is 3. The van der Waals surface area contributed by atoms with Crippen LogP contribution in [0.5, 0.6) is 0 Å². The van der Waals surface area contributed by atoms with Gasteiger partial charge in [-0.15, -0.1) is 0 Å². The molecule has 0 bridgehead atoms. The van der Waals surface area contributed by atoms with Gasteiger partial charge in [0, 0.05) is 28.6 Å².